The number of nitrogens with zero attached hydrogens (tertiary/aromatic N) is 1. The Labute approximate surface area is 120 Å². The normalized spacial score (nSPS) is 25.0. The minimum absolute atomic E-state index is 0.174. The molecule has 106 valence electrons. The maximum atomic E-state index is 9.83. The Morgan fingerprint density at radius 2 is 2.00 bits per heavy atom. The van der Waals surface area contributed by atoms with Crippen LogP contribution >= 0.6 is 11.6 Å². The zero-order valence-electron chi connectivity index (χ0n) is 11.5. The number of halogens is 1. The van der Waals surface area contributed by atoms with Crippen LogP contribution in [0.2, 0.25) is 5.02 Å². The summed E-state index contributed by atoms with van der Waals surface area (Å²) in [4.78, 5) is 2.45. The molecule has 4 heteroatoms. The van der Waals surface area contributed by atoms with Crippen LogP contribution in [0.1, 0.15) is 26.2 Å². The topological polar surface area (TPSA) is 35.5 Å². The van der Waals surface area contributed by atoms with Gasteiger partial charge in [-0.15, -0.1) is 0 Å². The van der Waals surface area contributed by atoms with Crippen molar-refractivity contribution in [1.29, 1.82) is 0 Å². The van der Waals surface area contributed by atoms with Crippen molar-refractivity contribution < 1.29 is 5.11 Å². The second-order valence-corrected chi connectivity index (χ2v) is 5.79. The third kappa shape index (κ3) is 3.85. The number of anilines is 1. The number of benzene rings is 1. The lowest BCUT2D eigenvalue weighted by molar-refractivity contribution is 0.193. The zero-order valence-corrected chi connectivity index (χ0v) is 12.3. The number of aliphatic hydroxyl groups excluding tert-OH is 1. The molecule has 1 aliphatic rings. The average Bonchev–Trinajstić information content (AvgIpc) is 2.64. The van der Waals surface area contributed by atoms with Crippen molar-refractivity contribution in [2.75, 3.05) is 31.6 Å². The van der Waals surface area contributed by atoms with Crippen LogP contribution in [0.25, 0.3) is 0 Å². The Kier molecular flexibility index (Phi) is 5.08. The van der Waals surface area contributed by atoms with Crippen molar-refractivity contribution in [2.24, 2.45) is 0 Å². The van der Waals surface area contributed by atoms with Gasteiger partial charge in [-0.25, -0.2) is 0 Å². The Hall–Kier alpha value is -0.770. The number of aliphatic hydroxyl groups is 1. The summed E-state index contributed by atoms with van der Waals surface area (Å²) in [5, 5.41) is 14.1. The van der Waals surface area contributed by atoms with Gasteiger partial charge in [-0.2, -0.15) is 0 Å². The first-order valence-corrected chi connectivity index (χ1v) is 7.42. The lowest BCUT2D eigenvalue weighted by atomic mass is 9.91. The lowest BCUT2D eigenvalue weighted by Gasteiger charge is -2.33. The molecule has 2 N–H and O–H groups in total. The van der Waals surface area contributed by atoms with E-state index in [1.807, 2.05) is 24.3 Å². The third-order valence-electron chi connectivity index (χ3n) is 4.04. The first-order chi connectivity index (χ1) is 9.17. The smallest absolute Gasteiger partial charge is 0.0662 e. The van der Waals surface area contributed by atoms with Gasteiger partial charge >= 0.3 is 0 Å². The van der Waals surface area contributed by atoms with Gasteiger partial charge in [0.25, 0.3) is 0 Å². The number of hydrogen-bond acceptors (Lipinski definition) is 3. The molecule has 0 amide bonds. The maximum Gasteiger partial charge on any atom is 0.0662 e. The summed E-state index contributed by atoms with van der Waals surface area (Å²) in [6.07, 6.45) is 3.09. The van der Waals surface area contributed by atoms with Crippen LogP contribution in [0.3, 0.4) is 0 Å². The molecule has 0 saturated carbocycles. The number of hydrogen-bond donors (Lipinski definition) is 2. The third-order valence-corrected chi connectivity index (χ3v) is 4.29. The fourth-order valence-corrected chi connectivity index (χ4v) is 2.85. The second kappa shape index (κ2) is 6.60. The van der Waals surface area contributed by atoms with Gasteiger partial charge in [0.2, 0.25) is 0 Å². The summed E-state index contributed by atoms with van der Waals surface area (Å²) >= 11 is 5.90. The Balaban J connectivity index is 2.07. The van der Waals surface area contributed by atoms with Crippen molar-refractivity contribution in [1.82, 2.24) is 4.90 Å². The van der Waals surface area contributed by atoms with Gasteiger partial charge in [-0.1, -0.05) is 18.5 Å². The van der Waals surface area contributed by atoms with Gasteiger partial charge in [0.1, 0.15) is 0 Å². The van der Waals surface area contributed by atoms with Crippen molar-refractivity contribution in [2.45, 2.75) is 31.7 Å². The molecule has 1 fully saturated rings. The zero-order chi connectivity index (χ0) is 13.7. The van der Waals surface area contributed by atoms with Gasteiger partial charge < -0.3 is 15.3 Å². The molecule has 0 radical (unpaired) electrons. The van der Waals surface area contributed by atoms with E-state index in [-0.39, 0.29) is 12.1 Å². The van der Waals surface area contributed by atoms with Gasteiger partial charge in [0, 0.05) is 17.3 Å². The SMILES string of the molecule is CCN1CCCC(CO)(Nc2ccc(Cl)cc2)CC1. The van der Waals surface area contributed by atoms with E-state index in [9.17, 15) is 5.11 Å². The van der Waals surface area contributed by atoms with Crippen LogP contribution in [0.4, 0.5) is 5.69 Å². The van der Waals surface area contributed by atoms with Crippen molar-refractivity contribution in [3.63, 3.8) is 0 Å². The number of nitrogens with one attached hydrogen (secondary N) is 1. The molecule has 0 aliphatic carbocycles. The van der Waals surface area contributed by atoms with E-state index in [0.29, 0.717) is 0 Å². The average molecular weight is 283 g/mol. The first kappa shape index (κ1) is 14.6. The summed E-state index contributed by atoms with van der Waals surface area (Å²) in [6, 6.07) is 7.71. The van der Waals surface area contributed by atoms with E-state index >= 15 is 0 Å². The molecule has 1 aromatic carbocycles. The molecule has 1 unspecified atom stereocenters. The highest BCUT2D eigenvalue weighted by Gasteiger charge is 2.31. The van der Waals surface area contributed by atoms with Gasteiger partial charge in [0.15, 0.2) is 0 Å². The maximum absolute atomic E-state index is 9.83. The Morgan fingerprint density at radius 1 is 1.26 bits per heavy atom. The number of likely N-dealkylation sites (tertiary alicyclic amines) is 1. The van der Waals surface area contributed by atoms with Gasteiger partial charge in [-0.3, -0.25) is 0 Å². The van der Waals surface area contributed by atoms with E-state index in [1.54, 1.807) is 0 Å². The molecule has 2 rings (SSSR count). The molecular formula is C15H23ClN2O. The standard InChI is InChI=1S/C15H23ClN2O/c1-2-18-10-3-8-15(12-19,9-11-18)17-14-6-4-13(16)5-7-14/h4-7,17,19H,2-3,8-12H2,1H3. The molecule has 1 saturated heterocycles. The van der Waals surface area contributed by atoms with Crippen LogP contribution in [0.15, 0.2) is 24.3 Å². The summed E-state index contributed by atoms with van der Waals surface area (Å²) in [7, 11) is 0. The summed E-state index contributed by atoms with van der Waals surface area (Å²) < 4.78 is 0. The van der Waals surface area contributed by atoms with E-state index < -0.39 is 0 Å². The highest BCUT2D eigenvalue weighted by Crippen LogP contribution is 2.27. The van der Waals surface area contributed by atoms with Crippen LogP contribution in [-0.2, 0) is 0 Å². The number of rotatable bonds is 4. The molecule has 1 atom stereocenters. The monoisotopic (exact) mass is 282 g/mol. The van der Waals surface area contributed by atoms with Gasteiger partial charge in [0.05, 0.1) is 12.1 Å². The molecular weight excluding hydrogens is 260 g/mol. The fourth-order valence-electron chi connectivity index (χ4n) is 2.73. The molecule has 3 nitrogen and oxygen atoms in total. The summed E-state index contributed by atoms with van der Waals surface area (Å²) in [5.74, 6) is 0. The fraction of sp³-hybridized carbons (Fsp3) is 0.600. The molecule has 1 aliphatic heterocycles. The first-order valence-electron chi connectivity index (χ1n) is 7.04. The van der Waals surface area contributed by atoms with E-state index in [1.165, 1.54) is 0 Å². The van der Waals surface area contributed by atoms with Crippen LogP contribution < -0.4 is 5.32 Å². The van der Waals surface area contributed by atoms with Crippen molar-refractivity contribution in [3.8, 4) is 0 Å². The molecule has 1 heterocycles. The highest BCUT2D eigenvalue weighted by atomic mass is 35.5. The van der Waals surface area contributed by atoms with Crippen LogP contribution in [0, 0.1) is 0 Å². The largest absolute Gasteiger partial charge is 0.394 e. The van der Waals surface area contributed by atoms with E-state index in [4.69, 9.17) is 11.6 Å². The molecule has 1 aromatic rings. The van der Waals surface area contributed by atoms with Gasteiger partial charge in [-0.05, 0) is 56.6 Å². The minimum atomic E-state index is -0.197. The quantitative estimate of drug-likeness (QED) is 0.891. The Morgan fingerprint density at radius 3 is 2.63 bits per heavy atom. The van der Waals surface area contributed by atoms with Crippen molar-refractivity contribution in [3.05, 3.63) is 29.3 Å². The molecule has 0 aromatic heterocycles. The summed E-state index contributed by atoms with van der Waals surface area (Å²) in [6.45, 7) is 5.62. The van der Waals surface area contributed by atoms with Crippen molar-refractivity contribution >= 4 is 17.3 Å². The van der Waals surface area contributed by atoms with Crippen LogP contribution in [-0.4, -0.2) is 41.8 Å². The second-order valence-electron chi connectivity index (χ2n) is 5.36. The predicted octanol–water partition coefficient (Wildman–Crippen LogP) is 2.99. The lowest BCUT2D eigenvalue weighted by Crippen LogP contribution is -2.43. The summed E-state index contributed by atoms with van der Waals surface area (Å²) in [5.41, 5.74) is 0.834. The highest BCUT2D eigenvalue weighted by molar-refractivity contribution is 6.30. The van der Waals surface area contributed by atoms with E-state index in [2.05, 4.69) is 17.1 Å². The predicted molar refractivity (Wildman–Crippen MR) is 80.9 cm³/mol. The minimum Gasteiger partial charge on any atom is -0.394 e. The van der Waals surface area contributed by atoms with Crippen LogP contribution in [0.5, 0.6) is 0 Å². The molecule has 0 bridgehead atoms. The molecule has 0 spiro atoms. The molecule has 19 heavy (non-hydrogen) atoms. The Bertz CT molecular complexity index is 396. The van der Waals surface area contributed by atoms with E-state index in [0.717, 1.165) is 49.6 Å².